The lowest BCUT2D eigenvalue weighted by atomic mass is 10.0. The third kappa shape index (κ3) is 4.12. The maximum atomic E-state index is 13.1. The number of hydrogen-bond donors (Lipinski definition) is 1. The van der Waals surface area contributed by atoms with Crippen LogP contribution in [0.25, 0.3) is 6.08 Å². The maximum Gasteiger partial charge on any atom is 0.347 e. The number of ether oxygens (including phenoxy) is 4. The van der Waals surface area contributed by atoms with Crippen molar-refractivity contribution in [2.45, 2.75) is 26.4 Å². The van der Waals surface area contributed by atoms with Gasteiger partial charge in [-0.2, -0.15) is 0 Å². The molecule has 7 heteroatoms. The Morgan fingerprint density at radius 3 is 2.74 bits per heavy atom. The fourth-order valence-corrected chi connectivity index (χ4v) is 3.56. The van der Waals surface area contributed by atoms with Gasteiger partial charge in [-0.3, -0.25) is 4.79 Å². The number of benzene rings is 2. The van der Waals surface area contributed by atoms with Crippen molar-refractivity contribution in [1.82, 2.24) is 0 Å². The van der Waals surface area contributed by atoms with Crippen LogP contribution in [0, 0.1) is 0 Å². The molecule has 0 aliphatic carbocycles. The van der Waals surface area contributed by atoms with Gasteiger partial charge in [0.1, 0.15) is 17.6 Å². The molecular weight excluding hydrogens is 398 g/mol. The molecule has 1 atom stereocenters. The predicted octanol–water partition coefficient (Wildman–Crippen LogP) is 3.85. The summed E-state index contributed by atoms with van der Waals surface area (Å²) in [6.45, 7) is 3.79. The number of allylic oxidation sites excluding steroid dienone is 1. The van der Waals surface area contributed by atoms with E-state index in [1.807, 2.05) is 31.2 Å². The molecule has 2 aromatic rings. The minimum atomic E-state index is -0.741. The van der Waals surface area contributed by atoms with E-state index >= 15 is 0 Å². The van der Waals surface area contributed by atoms with Gasteiger partial charge in [0.15, 0.2) is 11.3 Å². The third-order valence-corrected chi connectivity index (χ3v) is 4.92. The van der Waals surface area contributed by atoms with Crippen molar-refractivity contribution >= 4 is 23.5 Å². The number of para-hydroxylation sites is 1. The van der Waals surface area contributed by atoms with Crippen molar-refractivity contribution in [2.75, 3.05) is 19.0 Å². The summed E-state index contributed by atoms with van der Waals surface area (Å²) < 4.78 is 22.2. The Hall–Kier alpha value is -3.74. The summed E-state index contributed by atoms with van der Waals surface area (Å²) in [5, 5.41) is 3.00. The molecule has 2 aliphatic rings. The van der Waals surface area contributed by atoms with E-state index in [4.69, 9.17) is 18.9 Å². The van der Waals surface area contributed by atoms with E-state index in [0.717, 1.165) is 12.0 Å². The molecule has 0 unspecified atom stereocenters. The molecule has 31 heavy (non-hydrogen) atoms. The summed E-state index contributed by atoms with van der Waals surface area (Å²) in [4.78, 5) is 25.6. The summed E-state index contributed by atoms with van der Waals surface area (Å²) >= 11 is 0. The highest BCUT2D eigenvalue weighted by Gasteiger charge is 2.37. The first-order chi connectivity index (χ1) is 15.0. The Balaban J connectivity index is 1.72. The fraction of sp³-hybridized carbons (Fsp3) is 0.250. The van der Waals surface area contributed by atoms with Gasteiger partial charge in [-0.1, -0.05) is 18.2 Å². The normalized spacial score (nSPS) is 18.5. The van der Waals surface area contributed by atoms with Crippen molar-refractivity contribution in [3.8, 4) is 11.5 Å². The van der Waals surface area contributed by atoms with Gasteiger partial charge < -0.3 is 24.3 Å². The quantitative estimate of drug-likeness (QED) is 0.431. The monoisotopic (exact) mass is 421 g/mol. The van der Waals surface area contributed by atoms with Crippen LogP contribution in [0.4, 0.5) is 5.69 Å². The number of methoxy groups -OCH3 is 1. The van der Waals surface area contributed by atoms with E-state index in [2.05, 4.69) is 5.32 Å². The lowest BCUT2D eigenvalue weighted by Gasteiger charge is -2.10. The number of hydrogen-bond acceptors (Lipinski definition) is 7. The average molecular weight is 421 g/mol. The first-order valence-electron chi connectivity index (χ1n) is 10.1. The Morgan fingerprint density at radius 1 is 1.26 bits per heavy atom. The second-order valence-corrected chi connectivity index (χ2v) is 7.19. The molecule has 160 valence electrons. The van der Waals surface area contributed by atoms with Crippen LogP contribution in [0.5, 0.6) is 11.5 Å². The van der Waals surface area contributed by atoms with Crippen LogP contribution in [0.2, 0.25) is 0 Å². The second kappa shape index (κ2) is 8.55. The van der Waals surface area contributed by atoms with E-state index in [1.54, 1.807) is 38.3 Å². The summed E-state index contributed by atoms with van der Waals surface area (Å²) in [6.07, 6.45) is 2.33. The molecule has 2 aliphatic heterocycles. The molecular formula is C24H23NO6. The number of ketones is 1. The Kier molecular flexibility index (Phi) is 5.66. The molecule has 1 N–H and O–H groups in total. The lowest BCUT2D eigenvalue weighted by molar-refractivity contribution is -0.139. The highest BCUT2D eigenvalue weighted by molar-refractivity contribution is 6.26. The Bertz CT molecular complexity index is 1090. The Morgan fingerprint density at radius 2 is 2.03 bits per heavy atom. The molecule has 0 radical (unpaired) electrons. The minimum Gasteiger partial charge on any atom is -0.497 e. The lowest BCUT2D eigenvalue weighted by Crippen LogP contribution is -2.16. The van der Waals surface area contributed by atoms with Crippen LogP contribution in [-0.2, 0) is 25.5 Å². The fourth-order valence-electron chi connectivity index (χ4n) is 3.56. The van der Waals surface area contributed by atoms with Gasteiger partial charge in [-0.05, 0) is 44.2 Å². The van der Waals surface area contributed by atoms with Crippen molar-refractivity contribution in [3.05, 3.63) is 70.8 Å². The first kappa shape index (κ1) is 20.5. The summed E-state index contributed by atoms with van der Waals surface area (Å²) in [6, 6.07) is 12.8. The molecule has 4 rings (SSSR count). The second-order valence-electron chi connectivity index (χ2n) is 7.19. The molecule has 2 heterocycles. The zero-order valence-corrected chi connectivity index (χ0v) is 17.6. The van der Waals surface area contributed by atoms with Crippen LogP contribution in [0.3, 0.4) is 0 Å². The zero-order chi connectivity index (χ0) is 22.0. The number of fused-ring (bicyclic) bond motifs is 1. The topological polar surface area (TPSA) is 83.1 Å². The number of Topliss-reactive ketones (excluding diaryl/α,β-unsaturated/α-hetero) is 1. The van der Waals surface area contributed by atoms with Gasteiger partial charge in [0.2, 0.25) is 11.7 Å². The zero-order valence-electron chi connectivity index (χ0n) is 17.6. The number of carbonyl (C=O) groups is 2. The summed E-state index contributed by atoms with van der Waals surface area (Å²) in [5.74, 6) is 0.0682. The molecule has 2 aromatic carbocycles. The van der Waals surface area contributed by atoms with Crippen LogP contribution in [-0.4, -0.2) is 31.6 Å². The van der Waals surface area contributed by atoms with Gasteiger partial charge in [0, 0.05) is 23.2 Å². The number of rotatable bonds is 6. The highest BCUT2D eigenvalue weighted by Crippen LogP contribution is 2.38. The van der Waals surface area contributed by atoms with Gasteiger partial charge in [0.05, 0.1) is 13.7 Å². The molecule has 0 amide bonds. The molecule has 0 saturated carbocycles. The van der Waals surface area contributed by atoms with Crippen LogP contribution < -0.4 is 14.8 Å². The Labute approximate surface area is 180 Å². The predicted molar refractivity (Wildman–Crippen MR) is 115 cm³/mol. The van der Waals surface area contributed by atoms with Gasteiger partial charge in [0.25, 0.3) is 0 Å². The molecule has 0 bridgehead atoms. The smallest absolute Gasteiger partial charge is 0.347 e. The molecule has 0 saturated heterocycles. The van der Waals surface area contributed by atoms with E-state index in [9.17, 15) is 9.59 Å². The minimum absolute atomic E-state index is 0.0000836. The SMILES string of the molecule is CCOC(=O)C1=C(Nc2ccccc2)O/C(=C\c2cc(OC)cc3c2O[C@H](C)C3)C1=O. The van der Waals surface area contributed by atoms with E-state index in [0.29, 0.717) is 22.7 Å². The van der Waals surface area contributed by atoms with Gasteiger partial charge in [-0.25, -0.2) is 4.79 Å². The maximum absolute atomic E-state index is 13.1. The number of carbonyl (C=O) groups excluding carboxylic acids is 2. The molecule has 0 spiro atoms. The van der Waals surface area contributed by atoms with Crippen molar-refractivity contribution < 1.29 is 28.5 Å². The largest absolute Gasteiger partial charge is 0.497 e. The van der Waals surface area contributed by atoms with Crippen LogP contribution >= 0.6 is 0 Å². The van der Waals surface area contributed by atoms with Gasteiger partial charge in [-0.15, -0.1) is 0 Å². The first-order valence-corrected chi connectivity index (χ1v) is 10.1. The van der Waals surface area contributed by atoms with Crippen LogP contribution in [0.1, 0.15) is 25.0 Å². The number of nitrogens with one attached hydrogen (secondary N) is 1. The number of anilines is 1. The number of esters is 1. The summed E-state index contributed by atoms with van der Waals surface area (Å²) in [5.41, 5.74) is 2.13. The van der Waals surface area contributed by atoms with Gasteiger partial charge >= 0.3 is 5.97 Å². The molecule has 0 aromatic heterocycles. The van der Waals surface area contributed by atoms with E-state index < -0.39 is 11.8 Å². The van der Waals surface area contributed by atoms with E-state index in [1.165, 1.54) is 0 Å². The summed E-state index contributed by atoms with van der Waals surface area (Å²) in [7, 11) is 1.58. The average Bonchev–Trinajstić information content (AvgIpc) is 3.28. The third-order valence-electron chi connectivity index (χ3n) is 4.92. The van der Waals surface area contributed by atoms with Crippen LogP contribution in [0.15, 0.2) is 59.7 Å². The van der Waals surface area contributed by atoms with Crippen molar-refractivity contribution in [3.63, 3.8) is 0 Å². The molecule has 7 nitrogen and oxygen atoms in total. The standard InChI is InChI=1S/C24H23NO6/c1-4-29-24(27)20-21(26)19(31-23(20)25-17-8-6-5-7-9-17)13-16-12-18(28-3)11-15-10-14(2)30-22(15)16/h5-9,11-14,25H,4,10H2,1-3H3/b19-13-/t14-/m1/s1. The van der Waals surface area contributed by atoms with Crippen molar-refractivity contribution in [2.24, 2.45) is 0 Å². The molecule has 0 fully saturated rings. The highest BCUT2D eigenvalue weighted by atomic mass is 16.5. The van der Waals surface area contributed by atoms with E-state index in [-0.39, 0.29) is 29.9 Å². The van der Waals surface area contributed by atoms with Crippen molar-refractivity contribution in [1.29, 1.82) is 0 Å².